The molecule has 102 valence electrons. The lowest BCUT2D eigenvalue weighted by molar-refractivity contribution is -0.395. The van der Waals surface area contributed by atoms with Crippen molar-refractivity contribution in [2.24, 2.45) is 0 Å². The monoisotopic (exact) mass is 265 g/mol. The van der Waals surface area contributed by atoms with Gasteiger partial charge in [0.1, 0.15) is 5.56 Å². The number of nitro groups is 2. The zero-order valence-electron chi connectivity index (χ0n) is 11.0. The van der Waals surface area contributed by atoms with Gasteiger partial charge in [0.25, 0.3) is 11.4 Å². The molecule has 7 heteroatoms. The van der Waals surface area contributed by atoms with Crippen molar-refractivity contribution in [3.8, 4) is 0 Å². The molecule has 0 radical (unpaired) electrons. The molecule has 0 aliphatic carbocycles. The fourth-order valence-electron chi connectivity index (χ4n) is 1.74. The summed E-state index contributed by atoms with van der Waals surface area (Å²) in [6.45, 7) is 1.66. The summed E-state index contributed by atoms with van der Waals surface area (Å²) < 4.78 is 0. The molecule has 1 rings (SSSR count). The number of benzene rings is 1. The highest BCUT2D eigenvalue weighted by molar-refractivity contribution is 5.68. The van der Waals surface area contributed by atoms with E-state index in [4.69, 9.17) is 0 Å². The van der Waals surface area contributed by atoms with Gasteiger partial charge in [-0.1, -0.05) is 6.92 Å². The molecular formula is C12H15N3O4. The molecule has 0 aliphatic rings. The van der Waals surface area contributed by atoms with Crippen LogP contribution >= 0.6 is 0 Å². The predicted molar refractivity (Wildman–Crippen MR) is 71.8 cm³/mol. The number of nitrogens with zero attached hydrogens (tertiary/aromatic N) is 3. The zero-order valence-corrected chi connectivity index (χ0v) is 11.0. The van der Waals surface area contributed by atoms with Crippen LogP contribution in [0, 0.1) is 20.2 Å². The molecule has 0 amide bonds. The SMILES string of the molecule is CCc1c([N+](=O)[O-])ccc(C=CN(C)C)c1[N+](=O)[O-]. The van der Waals surface area contributed by atoms with Crippen LogP contribution in [0.2, 0.25) is 0 Å². The summed E-state index contributed by atoms with van der Waals surface area (Å²) in [6.07, 6.45) is 3.46. The normalized spacial score (nSPS) is 10.7. The second-order valence-corrected chi connectivity index (χ2v) is 4.15. The average molecular weight is 265 g/mol. The largest absolute Gasteiger partial charge is 0.383 e. The van der Waals surface area contributed by atoms with E-state index in [1.165, 1.54) is 12.1 Å². The molecule has 1 aromatic rings. The molecule has 0 spiro atoms. The Morgan fingerprint density at radius 3 is 2.26 bits per heavy atom. The van der Waals surface area contributed by atoms with Crippen molar-refractivity contribution in [3.63, 3.8) is 0 Å². The van der Waals surface area contributed by atoms with E-state index in [0.717, 1.165) is 0 Å². The minimum absolute atomic E-state index is 0.149. The van der Waals surface area contributed by atoms with Crippen LogP contribution in [-0.4, -0.2) is 28.8 Å². The maximum atomic E-state index is 11.2. The number of hydrogen-bond donors (Lipinski definition) is 0. The molecule has 0 unspecified atom stereocenters. The molecule has 0 N–H and O–H groups in total. The lowest BCUT2D eigenvalue weighted by atomic mass is 10.0. The maximum absolute atomic E-state index is 11.2. The van der Waals surface area contributed by atoms with Crippen molar-refractivity contribution >= 4 is 17.5 Å². The number of hydrogen-bond acceptors (Lipinski definition) is 5. The van der Waals surface area contributed by atoms with Crippen LogP contribution in [-0.2, 0) is 6.42 Å². The van der Waals surface area contributed by atoms with Gasteiger partial charge in [-0.15, -0.1) is 0 Å². The average Bonchev–Trinajstić information content (AvgIpc) is 2.34. The Morgan fingerprint density at radius 2 is 1.84 bits per heavy atom. The van der Waals surface area contributed by atoms with E-state index in [1.54, 1.807) is 38.2 Å². The highest BCUT2D eigenvalue weighted by atomic mass is 16.6. The van der Waals surface area contributed by atoms with E-state index in [9.17, 15) is 20.2 Å². The second-order valence-electron chi connectivity index (χ2n) is 4.15. The molecule has 0 saturated carbocycles. The molecule has 0 saturated heterocycles. The quantitative estimate of drug-likeness (QED) is 0.603. The summed E-state index contributed by atoms with van der Waals surface area (Å²) >= 11 is 0. The van der Waals surface area contributed by atoms with Crippen LogP contribution in [0.1, 0.15) is 18.1 Å². The summed E-state index contributed by atoms with van der Waals surface area (Å²) in [5.41, 5.74) is 0.100. The molecule has 7 nitrogen and oxygen atoms in total. The first kappa shape index (κ1) is 14.6. The van der Waals surface area contributed by atoms with Gasteiger partial charge in [0.15, 0.2) is 0 Å². The van der Waals surface area contributed by atoms with Gasteiger partial charge in [0.2, 0.25) is 0 Å². The van der Waals surface area contributed by atoms with E-state index in [-0.39, 0.29) is 23.4 Å². The van der Waals surface area contributed by atoms with Crippen molar-refractivity contribution in [2.75, 3.05) is 14.1 Å². The number of nitro benzene ring substituents is 2. The third kappa shape index (κ3) is 3.27. The fraction of sp³-hybridized carbons (Fsp3) is 0.333. The molecule has 0 fully saturated rings. The van der Waals surface area contributed by atoms with E-state index in [2.05, 4.69) is 0 Å². The Morgan fingerprint density at radius 1 is 1.21 bits per heavy atom. The van der Waals surface area contributed by atoms with Gasteiger partial charge >= 0.3 is 0 Å². The summed E-state index contributed by atoms with van der Waals surface area (Å²) in [5.74, 6) is 0. The van der Waals surface area contributed by atoms with Crippen molar-refractivity contribution in [2.45, 2.75) is 13.3 Å². The third-order valence-electron chi connectivity index (χ3n) is 2.57. The summed E-state index contributed by atoms with van der Waals surface area (Å²) in [6, 6.07) is 2.70. The van der Waals surface area contributed by atoms with Gasteiger partial charge in [-0.25, -0.2) is 0 Å². The molecule has 0 bridgehead atoms. The summed E-state index contributed by atoms with van der Waals surface area (Å²) in [4.78, 5) is 22.6. The van der Waals surface area contributed by atoms with Crippen molar-refractivity contribution in [1.82, 2.24) is 4.90 Å². The fourth-order valence-corrected chi connectivity index (χ4v) is 1.74. The Hall–Kier alpha value is -2.44. The van der Waals surface area contributed by atoms with Gasteiger partial charge < -0.3 is 4.90 Å². The van der Waals surface area contributed by atoms with Crippen molar-refractivity contribution in [3.05, 3.63) is 49.7 Å². The van der Waals surface area contributed by atoms with Gasteiger partial charge in [-0.2, -0.15) is 0 Å². The first-order valence-electron chi connectivity index (χ1n) is 5.67. The molecule has 0 aliphatic heterocycles. The summed E-state index contributed by atoms with van der Waals surface area (Å²) in [5, 5.41) is 22.0. The lowest BCUT2D eigenvalue weighted by Gasteiger charge is -2.06. The summed E-state index contributed by atoms with van der Waals surface area (Å²) in [7, 11) is 3.57. The van der Waals surface area contributed by atoms with E-state index < -0.39 is 9.85 Å². The van der Waals surface area contributed by atoms with Gasteiger partial charge in [0.05, 0.1) is 15.4 Å². The minimum Gasteiger partial charge on any atom is -0.383 e. The van der Waals surface area contributed by atoms with Crippen LogP contribution in [0.3, 0.4) is 0 Å². The highest BCUT2D eigenvalue weighted by Crippen LogP contribution is 2.33. The van der Waals surface area contributed by atoms with E-state index >= 15 is 0 Å². The molecule has 0 atom stereocenters. The Labute approximate surface area is 110 Å². The third-order valence-corrected chi connectivity index (χ3v) is 2.57. The zero-order chi connectivity index (χ0) is 14.6. The molecule has 0 heterocycles. The highest BCUT2D eigenvalue weighted by Gasteiger charge is 2.26. The maximum Gasteiger partial charge on any atom is 0.286 e. The minimum atomic E-state index is -0.592. The molecule has 1 aromatic carbocycles. The van der Waals surface area contributed by atoms with E-state index in [0.29, 0.717) is 5.56 Å². The van der Waals surface area contributed by atoms with Gasteiger partial charge in [0, 0.05) is 20.2 Å². The first-order chi connectivity index (χ1) is 8.88. The standard InChI is InChI=1S/C12H15N3O4/c1-4-10-11(14(16)17)6-5-9(7-8-13(2)3)12(10)15(18)19/h5-8H,4H2,1-3H3. The van der Waals surface area contributed by atoms with Gasteiger partial charge in [-0.05, 0) is 24.8 Å². The van der Waals surface area contributed by atoms with E-state index in [1.807, 2.05) is 0 Å². The Bertz CT molecular complexity index is 538. The first-order valence-corrected chi connectivity index (χ1v) is 5.67. The molecular weight excluding hydrogens is 250 g/mol. The molecule has 0 aromatic heterocycles. The Kier molecular flexibility index (Phi) is 4.57. The van der Waals surface area contributed by atoms with Crippen LogP contribution in [0.25, 0.3) is 6.08 Å². The second kappa shape index (κ2) is 5.94. The van der Waals surface area contributed by atoms with Crippen molar-refractivity contribution in [1.29, 1.82) is 0 Å². The van der Waals surface area contributed by atoms with Crippen LogP contribution in [0.15, 0.2) is 18.3 Å². The van der Waals surface area contributed by atoms with Gasteiger partial charge in [-0.3, -0.25) is 20.2 Å². The van der Waals surface area contributed by atoms with Crippen LogP contribution in [0.4, 0.5) is 11.4 Å². The Balaban J connectivity index is 3.50. The van der Waals surface area contributed by atoms with Crippen molar-refractivity contribution < 1.29 is 9.85 Å². The smallest absolute Gasteiger partial charge is 0.286 e. The number of rotatable bonds is 5. The molecule has 19 heavy (non-hydrogen) atoms. The topological polar surface area (TPSA) is 89.5 Å². The van der Waals surface area contributed by atoms with Crippen LogP contribution in [0.5, 0.6) is 0 Å². The predicted octanol–water partition coefficient (Wildman–Crippen LogP) is 2.60. The van der Waals surface area contributed by atoms with Crippen LogP contribution < -0.4 is 0 Å². The lowest BCUT2D eigenvalue weighted by Crippen LogP contribution is -2.03.